The van der Waals surface area contributed by atoms with Crippen LogP contribution in [0.1, 0.15) is 57.8 Å². The minimum atomic E-state index is -1.26. The highest BCUT2D eigenvalue weighted by atomic mass is 32.2. The van der Waals surface area contributed by atoms with Gasteiger partial charge in [0, 0.05) is 22.6 Å². The molecular formula is C15H25NO4S. The molecule has 2 aliphatic carbocycles. The Balaban J connectivity index is 1.72. The van der Waals surface area contributed by atoms with E-state index in [1.165, 1.54) is 12.8 Å². The number of aliphatic carboxylic acids is 1. The Morgan fingerprint density at radius 3 is 2.29 bits per heavy atom. The van der Waals surface area contributed by atoms with Crippen molar-refractivity contribution in [3.8, 4) is 0 Å². The van der Waals surface area contributed by atoms with Crippen LogP contribution in [0, 0.1) is 5.41 Å². The summed E-state index contributed by atoms with van der Waals surface area (Å²) in [5, 5.41) is 11.8. The largest absolute Gasteiger partial charge is 0.481 e. The highest BCUT2D eigenvalue weighted by molar-refractivity contribution is 7.85. The van der Waals surface area contributed by atoms with E-state index in [0.29, 0.717) is 5.75 Å². The molecule has 0 heterocycles. The van der Waals surface area contributed by atoms with Crippen LogP contribution in [0.5, 0.6) is 0 Å². The van der Waals surface area contributed by atoms with Crippen molar-refractivity contribution in [1.29, 1.82) is 0 Å². The Hall–Kier alpha value is -0.910. The van der Waals surface area contributed by atoms with Crippen molar-refractivity contribution in [3.05, 3.63) is 0 Å². The average Bonchev–Trinajstić information content (AvgIpc) is 3.13. The Kier molecular flexibility index (Phi) is 5.79. The maximum Gasteiger partial charge on any atom is 0.303 e. The Morgan fingerprint density at radius 2 is 1.76 bits per heavy atom. The zero-order chi connectivity index (χ0) is 15.3. The van der Waals surface area contributed by atoms with Crippen LogP contribution in [0.4, 0.5) is 0 Å². The lowest BCUT2D eigenvalue weighted by Crippen LogP contribution is -2.38. The fourth-order valence-corrected chi connectivity index (χ4v) is 4.65. The number of carboxylic acid groups (broad SMARTS) is 1. The van der Waals surface area contributed by atoms with E-state index >= 15 is 0 Å². The lowest BCUT2D eigenvalue weighted by atomic mass is 10.1. The predicted octanol–water partition coefficient (Wildman–Crippen LogP) is 1.83. The second-order valence-electron chi connectivity index (χ2n) is 6.56. The molecule has 0 aromatic heterocycles. The van der Waals surface area contributed by atoms with Crippen LogP contribution in [0.3, 0.4) is 0 Å². The van der Waals surface area contributed by atoms with Crippen LogP contribution in [0.2, 0.25) is 0 Å². The Morgan fingerprint density at radius 1 is 1.14 bits per heavy atom. The zero-order valence-electron chi connectivity index (χ0n) is 12.4. The minimum absolute atomic E-state index is 0.0118. The fraction of sp³-hybridized carbons (Fsp3) is 0.867. The summed E-state index contributed by atoms with van der Waals surface area (Å²) in [6.45, 7) is 0. The van der Waals surface area contributed by atoms with E-state index in [4.69, 9.17) is 5.11 Å². The van der Waals surface area contributed by atoms with E-state index in [9.17, 15) is 13.8 Å². The lowest BCUT2D eigenvalue weighted by molar-refractivity contribution is -0.138. The van der Waals surface area contributed by atoms with Crippen molar-refractivity contribution in [2.75, 3.05) is 11.5 Å². The predicted molar refractivity (Wildman–Crippen MR) is 81.4 cm³/mol. The second kappa shape index (κ2) is 7.38. The molecule has 1 atom stereocenters. The maximum atomic E-state index is 12.1. The summed E-state index contributed by atoms with van der Waals surface area (Å²) in [4.78, 5) is 22.7. The first kappa shape index (κ1) is 16.5. The molecule has 2 aliphatic rings. The molecule has 0 radical (unpaired) electrons. The topological polar surface area (TPSA) is 83.5 Å². The highest BCUT2D eigenvalue weighted by Gasteiger charge is 2.45. The normalized spacial score (nSPS) is 23.0. The van der Waals surface area contributed by atoms with Crippen LogP contribution in [-0.2, 0) is 20.4 Å². The molecule has 1 unspecified atom stereocenters. The number of nitrogens with one attached hydrogen (secondary N) is 1. The van der Waals surface area contributed by atoms with E-state index in [0.717, 1.165) is 38.5 Å². The van der Waals surface area contributed by atoms with Gasteiger partial charge in [-0.05, 0) is 31.1 Å². The van der Waals surface area contributed by atoms with Gasteiger partial charge in [0.15, 0.2) is 0 Å². The van der Waals surface area contributed by atoms with Crippen LogP contribution in [0.25, 0.3) is 0 Å². The quantitative estimate of drug-likeness (QED) is 0.702. The standard InChI is InChI=1S/C15H25NO4S/c17-13(16-12-5-3-1-2-4-6-12)10-21(20)11-15(7-8-15)9-14(18)19/h12H,1-11H2,(H,16,17)(H,18,19). The van der Waals surface area contributed by atoms with Crippen molar-refractivity contribution >= 4 is 22.7 Å². The van der Waals surface area contributed by atoms with Crippen LogP contribution in [-0.4, -0.2) is 38.7 Å². The minimum Gasteiger partial charge on any atom is -0.481 e. The summed E-state index contributed by atoms with van der Waals surface area (Å²) in [5.74, 6) is -0.631. The number of hydrogen-bond acceptors (Lipinski definition) is 3. The van der Waals surface area contributed by atoms with Gasteiger partial charge in [0.25, 0.3) is 0 Å². The highest BCUT2D eigenvalue weighted by Crippen LogP contribution is 2.49. The molecule has 2 rings (SSSR count). The Bertz CT molecular complexity index is 412. The third-order valence-corrected chi connectivity index (χ3v) is 5.98. The number of carboxylic acids is 1. The first-order valence-corrected chi connectivity index (χ1v) is 9.34. The van der Waals surface area contributed by atoms with Crippen LogP contribution < -0.4 is 5.32 Å². The van der Waals surface area contributed by atoms with Gasteiger partial charge in [-0.3, -0.25) is 13.8 Å². The van der Waals surface area contributed by atoms with E-state index in [1.54, 1.807) is 0 Å². The van der Waals surface area contributed by atoms with Crippen LogP contribution >= 0.6 is 0 Å². The molecule has 2 N–H and O–H groups in total. The van der Waals surface area contributed by atoms with E-state index in [-0.39, 0.29) is 29.5 Å². The number of carbonyl (C=O) groups excluding carboxylic acids is 1. The van der Waals surface area contributed by atoms with Crippen LogP contribution in [0.15, 0.2) is 0 Å². The Labute approximate surface area is 128 Å². The molecule has 0 aromatic carbocycles. The molecule has 0 bridgehead atoms. The van der Waals surface area contributed by atoms with Gasteiger partial charge in [0.05, 0.1) is 6.42 Å². The third-order valence-electron chi connectivity index (χ3n) is 4.46. The molecule has 5 nitrogen and oxygen atoms in total. The summed E-state index contributed by atoms with van der Waals surface area (Å²) in [6.07, 6.45) is 8.49. The molecule has 1 amide bonds. The first-order valence-electron chi connectivity index (χ1n) is 7.85. The van der Waals surface area contributed by atoms with Gasteiger partial charge in [0.1, 0.15) is 5.75 Å². The smallest absolute Gasteiger partial charge is 0.303 e. The number of amides is 1. The van der Waals surface area contributed by atoms with Crippen molar-refractivity contribution < 1.29 is 18.9 Å². The van der Waals surface area contributed by atoms with Gasteiger partial charge in [-0.2, -0.15) is 0 Å². The van der Waals surface area contributed by atoms with Gasteiger partial charge in [0.2, 0.25) is 5.91 Å². The summed E-state index contributed by atoms with van der Waals surface area (Å²) in [5.41, 5.74) is -0.306. The van der Waals surface area contributed by atoms with E-state index in [2.05, 4.69) is 5.32 Å². The molecule has 0 saturated heterocycles. The van der Waals surface area contributed by atoms with Crippen molar-refractivity contribution in [3.63, 3.8) is 0 Å². The van der Waals surface area contributed by atoms with Gasteiger partial charge in [-0.15, -0.1) is 0 Å². The van der Waals surface area contributed by atoms with E-state index in [1.807, 2.05) is 0 Å². The monoisotopic (exact) mass is 315 g/mol. The summed E-state index contributed by atoms with van der Waals surface area (Å²) in [7, 11) is -1.26. The van der Waals surface area contributed by atoms with Gasteiger partial charge in [-0.1, -0.05) is 25.7 Å². The summed E-state index contributed by atoms with van der Waals surface area (Å²) in [6, 6.07) is 0.228. The fourth-order valence-electron chi connectivity index (χ4n) is 3.10. The molecule has 0 aromatic rings. The van der Waals surface area contributed by atoms with Gasteiger partial charge >= 0.3 is 5.97 Å². The number of carbonyl (C=O) groups is 2. The maximum absolute atomic E-state index is 12.1. The second-order valence-corrected chi connectivity index (χ2v) is 8.01. The molecule has 2 fully saturated rings. The molecule has 6 heteroatoms. The van der Waals surface area contributed by atoms with Crippen molar-refractivity contribution in [2.24, 2.45) is 5.41 Å². The lowest BCUT2D eigenvalue weighted by Gasteiger charge is -2.17. The average molecular weight is 315 g/mol. The number of rotatable bonds is 7. The SMILES string of the molecule is O=C(O)CC1(CS(=O)CC(=O)NC2CCCCCC2)CC1. The van der Waals surface area contributed by atoms with Crippen molar-refractivity contribution in [1.82, 2.24) is 5.32 Å². The number of hydrogen-bond donors (Lipinski definition) is 2. The zero-order valence-corrected chi connectivity index (χ0v) is 13.3. The molecular weight excluding hydrogens is 290 g/mol. The summed E-state index contributed by atoms with van der Waals surface area (Å²) < 4.78 is 12.1. The molecule has 0 spiro atoms. The third kappa shape index (κ3) is 5.77. The van der Waals surface area contributed by atoms with E-state index < -0.39 is 16.8 Å². The van der Waals surface area contributed by atoms with Gasteiger partial charge in [-0.25, -0.2) is 0 Å². The molecule has 120 valence electrons. The van der Waals surface area contributed by atoms with Gasteiger partial charge < -0.3 is 10.4 Å². The first-order chi connectivity index (χ1) is 9.99. The summed E-state index contributed by atoms with van der Waals surface area (Å²) >= 11 is 0. The van der Waals surface area contributed by atoms with Crippen molar-refractivity contribution in [2.45, 2.75) is 63.8 Å². The molecule has 21 heavy (non-hydrogen) atoms. The molecule has 2 saturated carbocycles. The molecule has 0 aliphatic heterocycles.